The van der Waals surface area contributed by atoms with Crippen LogP contribution in [0, 0.1) is 6.92 Å². The van der Waals surface area contributed by atoms with E-state index in [9.17, 15) is 0 Å². The van der Waals surface area contributed by atoms with Gasteiger partial charge in [0.05, 0.1) is 11.4 Å². The van der Waals surface area contributed by atoms with Crippen LogP contribution in [0.2, 0.25) is 0 Å². The molecule has 0 saturated heterocycles. The maximum absolute atomic E-state index is 4.83. The topological polar surface area (TPSA) is 17.8 Å². The number of benzene rings is 3. The molecule has 1 aromatic heterocycles. The van der Waals surface area contributed by atoms with Crippen LogP contribution in [0.15, 0.2) is 92.0 Å². The third-order valence-corrected chi connectivity index (χ3v) is 4.87. The minimum Gasteiger partial charge on any atom is -0.292 e. The first-order valence-electron chi connectivity index (χ1n) is 9.32. The van der Waals surface area contributed by atoms with E-state index < -0.39 is 0 Å². The largest absolute Gasteiger partial charge is 0.292 e. The Labute approximate surface area is 166 Å². The highest BCUT2D eigenvalue weighted by atomic mass is 15.1. The van der Waals surface area contributed by atoms with E-state index in [0.29, 0.717) is 0 Å². The molecular weight excluding hydrogens is 340 g/mol. The summed E-state index contributed by atoms with van der Waals surface area (Å²) in [7, 11) is 0. The van der Waals surface area contributed by atoms with E-state index in [1.807, 2.05) is 24.3 Å². The fraction of sp³-hybridized carbons (Fsp3) is 0.0385. The van der Waals surface area contributed by atoms with E-state index in [0.717, 1.165) is 28.5 Å². The molecule has 0 aliphatic heterocycles. The Morgan fingerprint density at radius 3 is 1.86 bits per heavy atom. The molecule has 0 N–H and O–H groups in total. The molecule has 1 heterocycles. The van der Waals surface area contributed by atoms with Crippen LogP contribution >= 0.6 is 0 Å². The molecule has 0 atom stereocenters. The van der Waals surface area contributed by atoms with Crippen molar-refractivity contribution in [2.75, 3.05) is 0 Å². The smallest absolute Gasteiger partial charge is 0.145 e. The number of rotatable bonds is 5. The zero-order valence-corrected chi connectivity index (χ0v) is 16.0. The number of aromatic nitrogens is 2. The lowest BCUT2D eigenvalue weighted by Crippen LogP contribution is -1.99. The van der Waals surface area contributed by atoms with Crippen LogP contribution in [0.4, 0.5) is 0 Å². The number of para-hydroxylation sites is 1. The van der Waals surface area contributed by atoms with Crippen LogP contribution in [0.5, 0.6) is 0 Å². The molecule has 0 amide bonds. The fourth-order valence-corrected chi connectivity index (χ4v) is 3.39. The van der Waals surface area contributed by atoms with Gasteiger partial charge in [-0.2, -0.15) is 0 Å². The SMILES string of the molecule is C=Cc1nc(-c2ccc(-c3ccc(C)cc3)cc2)n(-c2ccccc2)c1C=C. The van der Waals surface area contributed by atoms with Crippen molar-refractivity contribution in [1.29, 1.82) is 0 Å². The van der Waals surface area contributed by atoms with Crippen molar-refractivity contribution in [2.45, 2.75) is 6.92 Å². The molecule has 4 aromatic rings. The lowest BCUT2D eigenvalue weighted by molar-refractivity contribution is 1.05. The van der Waals surface area contributed by atoms with Crippen molar-refractivity contribution in [1.82, 2.24) is 9.55 Å². The molecule has 0 radical (unpaired) electrons. The van der Waals surface area contributed by atoms with Gasteiger partial charge in [0.2, 0.25) is 0 Å². The third kappa shape index (κ3) is 3.21. The summed E-state index contributed by atoms with van der Waals surface area (Å²) in [5.41, 5.74) is 7.54. The number of hydrogen-bond acceptors (Lipinski definition) is 1. The Morgan fingerprint density at radius 1 is 0.714 bits per heavy atom. The van der Waals surface area contributed by atoms with Crippen LogP contribution in [0.3, 0.4) is 0 Å². The van der Waals surface area contributed by atoms with E-state index in [1.165, 1.54) is 16.7 Å². The average Bonchev–Trinajstić information content (AvgIpc) is 3.14. The van der Waals surface area contributed by atoms with Crippen molar-refractivity contribution in [3.05, 3.63) is 109 Å². The summed E-state index contributed by atoms with van der Waals surface area (Å²) in [6.07, 6.45) is 3.61. The highest BCUT2D eigenvalue weighted by molar-refractivity contribution is 5.72. The lowest BCUT2D eigenvalue weighted by atomic mass is 10.0. The van der Waals surface area contributed by atoms with Gasteiger partial charge in [0.1, 0.15) is 5.82 Å². The van der Waals surface area contributed by atoms with E-state index in [2.05, 4.69) is 85.3 Å². The minimum absolute atomic E-state index is 0.830. The quantitative estimate of drug-likeness (QED) is 0.382. The number of aryl methyl sites for hydroxylation is 1. The van der Waals surface area contributed by atoms with E-state index in [-0.39, 0.29) is 0 Å². The molecule has 4 rings (SSSR count). The standard InChI is InChI=1S/C26H22N2/c1-4-24-25(5-2)28(23-9-7-6-8-10-23)26(27-24)22-17-15-21(16-18-22)20-13-11-19(3)12-14-20/h4-18H,1-2H2,3H3. The Hall–Kier alpha value is -3.65. The predicted octanol–water partition coefficient (Wildman–Crippen LogP) is 6.80. The average molecular weight is 362 g/mol. The van der Waals surface area contributed by atoms with Gasteiger partial charge >= 0.3 is 0 Å². The van der Waals surface area contributed by atoms with Gasteiger partial charge in [-0.25, -0.2) is 4.98 Å². The Kier molecular flexibility index (Phi) is 4.77. The molecule has 0 saturated carbocycles. The van der Waals surface area contributed by atoms with Crippen molar-refractivity contribution in [3.63, 3.8) is 0 Å². The molecule has 0 spiro atoms. The van der Waals surface area contributed by atoms with Gasteiger partial charge in [-0.15, -0.1) is 0 Å². The maximum Gasteiger partial charge on any atom is 0.145 e. The number of imidazole rings is 1. The lowest BCUT2D eigenvalue weighted by Gasteiger charge is -2.11. The minimum atomic E-state index is 0.830. The summed E-state index contributed by atoms with van der Waals surface area (Å²) >= 11 is 0. The Morgan fingerprint density at radius 2 is 1.29 bits per heavy atom. The first-order chi connectivity index (χ1) is 13.7. The van der Waals surface area contributed by atoms with Gasteiger partial charge in [-0.1, -0.05) is 85.5 Å². The van der Waals surface area contributed by atoms with Crippen LogP contribution in [-0.2, 0) is 0 Å². The highest BCUT2D eigenvalue weighted by Gasteiger charge is 2.16. The van der Waals surface area contributed by atoms with E-state index in [1.54, 1.807) is 6.08 Å². The van der Waals surface area contributed by atoms with Crippen molar-refractivity contribution < 1.29 is 0 Å². The second-order valence-electron chi connectivity index (χ2n) is 6.73. The summed E-state index contributed by atoms with van der Waals surface area (Å²) in [4.78, 5) is 4.83. The third-order valence-electron chi connectivity index (χ3n) is 4.87. The molecule has 0 fully saturated rings. The molecule has 3 aromatic carbocycles. The Balaban J connectivity index is 1.83. The van der Waals surface area contributed by atoms with E-state index in [4.69, 9.17) is 4.98 Å². The second-order valence-corrected chi connectivity index (χ2v) is 6.73. The second kappa shape index (κ2) is 7.53. The van der Waals surface area contributed by atoms with Gasteiger partial charge in [0.25, 0.3) is 0 Å². The molecule has 136 valence electrons. The number of nitrogens with zero attached hydrogens (tertiary/aromatic N) is 2. The molecule has 2 heteroatoms. The summed E-state index contributed by atoms with van der Waals surface area (Å²) in [5, 5.41) is 0. The van der Waals surface area contributed by atoms with Gasteiger partial charge in [-0.3, -0.25) is 4.57 Å². The van der Waals surface area contributed by atoms with Crippen LogP contribution in [0.1, 0.15) is 17.0 Å². The predicted molar refractivity (Wildman–Crippen MR) is 119 cm³/mol. The molecule has 28 heavy (non-hydrogen) atoms. The fourth-order valence-electron chi connectivity index (χ4n) is 3.39. The normalized spacial score (nSPS) is 10.6. The van der Waals surface area contributed by atoms with Crippen LogP contribution in [0.25, 0.3) is 40.4 Å². The summed E-state index contributed by atoms with van der Waals surface area (Å²) < 4.78 is 2.13. The van der Waals surface area contributed by atoms with Gasteiger partial charge in [0.15, 0.2) is 0 Å². The molecule has 0 bridgehead atoms. The summed E-state index contributed by atoms with van der Waals surface area (Å²) in [6.45, 7) is 10.0. The zero-order chi connectivity index (χ0) is 19.5. The highest BCUT2D eigenvalue weighted by Crippen LogP contribution is 2.30. The summed E-state index contributed by atoms with van der Waals surface area (Å²) in [6, 6.07) is 27.3. The zero-order valence-electron chi connectivity index (χ0n) is 16.0. The van der Waals surface area contributed by atoms with Crippen LogP contribution in [-0.4, -0.2) is 9.55 Å². The van der Waals surface area contributed by atoms with Crippen molar-refractivity contribution in [2.24, 2.45) is 0 Å². The molecule has 0 unspecified atom stereocenters. The molecule has 2 nitrogen and oxygen atoms in total. The van der Waals surface area contributed by atoms with Gasteiger partial charge < -0.3 is 0 Å². The first kappa shape index (κ1) is 17.7. The molecule has 0 aliphatic rings. The first-order valence-corrected chi connectivity index (χ1v) is 9.32. The van der Waals surface area contributed by atoms with Crippen LogP contribution < -0.4 is 0 Å². The van der Waals surface area contributed by atoms with Crippen molar-refractivity contribution >= 4 is 12.2 Å². The molecular formula is C26H22N2. The summed E-state index contributed by atoms with van der Waals surface area (Å²) in [5.74, 6) is 0.881. The molecule has 0 aliphatic carbocycles. The van der Waals surface area contributed by atoms with Gasteiger partial charge in [-0.05, 0) is 42.3 Å². The van der Waals surface area contributed by atoms with Gasteiger partial charge in [0, 0.05) is 11.3 Å². The van der Waals surface area contributed by atoms with Crippen molar-refractivity contribution in [3.8, 4) is 28.2 Å². The Bertz CT molecular complexity index is 1120. The monoisotopic (exact) mass is 362 g/mol. The maximum atomic E-state index is 4.83. The van der Waals surface area contributed by atoms with E-state index >= 15 is 0 Å². The number of hydrogen-bond donors (Lipinski definition) is 0.